The number of rotatable bonds is 7. The van der Waals surface area contributed by atoms with Crippen molar-refractivity contribution < 1.29 is 8.42 Å². The molecule has 2 heterocycles. The first-order valence-electron chi connectivity index (χ1n) is 6.71. The molecule has 0 bridgehead atoms. The van der Waals surface area contributed by atoms with Gasteiger partial charge in [0.1, 0.15) is 4.90 Å². The van der Waals surface area contributed by atoms with Gasteiger partial charge in [-0.2, -0.15) is 10.2 Å². The van der Waals surface area contributed by atoms with Crippen molar-refractivity contribution >= 4 is 15.8 Å². The Morgan fingerprint density at radius 3 is 2.81 bits per heavy atom. The lowest BCUT2D eigenvalue weighted by Gasteiger charge is -2.07. The molecule has 9 heteroatoms. The topological polar surface area (TPSA) is 105 Å². The number of anilines is 1. The van der Waals surface area contributed by atoms with E-state index in [2.05, 4.69) is 25.3 Å². The Bertz CT molecular complexity index is 703. The van der Waals surface area contributed by atoms with Gasteiger partial charge in [0.05, 0.1) is 11.4 Å². The highest BCUT2D eigenvalue weighted by Crippen LogP contribution is 2.20. The minimum Gasteiger partial charge on any atom is -0.311 e. The molecule has 2 rings (SSSR count). The van der Waals surface area contributed by atoms with E-state index < -0.39 is 10.0 Å². The van der Waals surface area contributed by atoms with Gasteiger partial charge in [0.15, 0.2) is 5.82 Å². The minimum atomic E-state index is -3.71. The highest BCUT2D eigenvalue weighted by Gasteiger charge is 2.24. The lowest BCUT2D eigenvalue weighted by atomic mass is 10.3. The number of sulfonamides is 1. The van der Waals surface area contributed by atoms with Gasteiger partial charge in [-0.3, -0.25) is 14.5 Å². The molecule has 2 aromatic heterocycles. The summed E-state index contributed by atoms with van der Waals surface area (Å²) < 4.78 is 29.0. The summed E-state index contributed by atoms with van der Waals surface area (Å²) in [5.74, 6) is 0.283. The maximum absolute atomic E-state index is 12.5. The van der Waals surface area contributed by atoms with Crippen molar-refractivity contribution in [2.24, 2.45) is 7.05 Å². The van der Waals surface area contributed by atoms with E-state index in [4.69, 9.17) is 0 Å². The largest absolute Gasteiger partial charge is 0.311 e. The fourth-order valence-electron chi connectivity index (χ4n) is 1.99. The van der Waals surface area contributed by atoms with E-state index >= 15 is 0 Å². The maximum Gasteiger partial charge on any atom is 0.266 e. The van der Waals surface area contributed by atoms with E-state index in [1.165, 1.54) is 4.68 Å². The zero-order valence-corrected chi connectivity index (χ0v) is 13.2. The summed E-state index contributed by atoms with van der Waals surface area (Å²) in [6.45, 7) is 4.93. The van der Waals surface area contributed by atoms with Gasteiger partial charge in [-0.25, -0.2) is 8.42 Å². The summed E-state index contributed by atoms with van der Waals surface area (Å²) in [6.07, 6.45) is 2.64. The van der Waals surface area contributed by atoms with Crippen LogP contribution in [0.25, 0.3) is 0 Å². The fraction of sp³-hybridized carbons (Fsp3) is 0.500. The predicted molar refractivity (Wildman–Crippen MR) is 79.3 cm³/mol. The summed E-state index contributed by atoms with van der Waals surface area (Å²) in [4.78, 5) is 0.178. The molecule has 2 aromatic rings. The molecule has 0 unspecified atom stereocenters. The van der Waals surface area contributed by atoms with Crippen LogP contribution >= 0.6 is 0 Å². The van der Waals surface area contributed by atoms with E-state index in [1.54, 1.807) is 26.2 Å². The molecule has 0 aromatic carbocycles. The number of nitrogens with one attached hydrogen (secondary N) is 3. The second kappa shape index (κ2) is 6.27. The van der Waals surface area contributed by atoms with Crippen LogP contribution in [0.2, 0.25) is 0 Å². The van der Waals surface area contributed by atoms with Crippen molar-refractivity contribution in [3.63, 3.8) is 0 Å². The third-order valence-electron chi connectivity index (χ3n) is 2.90. The molecule has 21 heavy (non-hydrogen) atoms. The molecule has 0 amide bonds. The van der Waals surface area contributed by atoms with Gasteiger partial charge in [0.2, 0.25) is 0 Å². The number of aromatic nitrogens is 4. The molecule has 0 spiro atoms. The fourth-order valence-corrected chi connectivity index (χ4v) is 3.35. The molecule has 8 nitrogen and oxygen atoms in total. The first kappa shape index (κ1) is 15.5. The number of H-pyrrole nitrogens is 1. The lowest BCUT2D eigenvalue weighted by Crippen LogP contribution is -2.20. The quantitative estimate of drug-likeness (QED) is 0.654. The number of hydrogen-bond acceptors (Lipinski definition) is 5. The zero-order valence-electron chi connectivity index (χ0n) is 12.3. The smallest absolute Gasteiger partial charge is 0.266 e. The molecule has 0 aliphatic heterocycles. The Morgan fingerprint density at radius 1 is 1.43 bits per heavy atom. The normalized spacial score (nSPS) is 11.8. The van der Waals surface area contributed by atoms with Crippen molar-refractivity contribution in [1.29, 1.82) is 0 Å². The second-order valence-corrected chi connectivity index (χ2v) is 6.40. The molecule has 0 radical (unpaired) electrons. The third kappa shape index (κ3) is 3.61. The molecule has 0 atom stereocenters. The highest BCUT2D eigenvalue weighted by molar-refractivity contribution is 7.92. The molecule has 0 saturated carbocycles. The van der Waals surface area contributed by atoms with Crippen LogP contribution in [-0.4, -0.2) is 34.9 Å². The third-order valence-corrected chi connectivity index (χ3v) is 4.46. The predicted octanol–water partition coefficient (Wildman–Crippen LogP) is 0.752. The van der Waals surface area contributed by atoms with Crippen LogP contribution < -0.4 is 10.0 Å². The van der Waals surface area contributed by atoms with Crippen molar-refractivity contribution in [2.75, 3.05) is 11.3 Å². The van der Waals surface area contributed by atoms with Crippen LogP contribution in [0.4, 0.5) is 5.82 Å². The van der Waals surface area contributed by atoms with Crippen molar-refractivity contribution in [1.82, 2.24) is 25.3 Å². The summed E-state index contributed by atoms with van der Waals surface area (Å²) >= 11 is 0. The summed E-state index contributed by atoms with van der Waals surface area (Å²) in [5.41, 5.74) is 0.983. The molecule has 0 saturated heterocycles. The monoisotopic (exact) mass is 312 g/mol. The van der Waals surface area contributed by atoms with Crippen LogP contribution in [0.3, 0.4) is 0 Å². The van der Waals surface area contributed by atoms with Crippen LogP contribution in [0.15, 0.2) is 17.2 Å². The van der Waals surface area contributed by atoms with Crippen molar-refractivity contribution in [3.8, 4) is 0 Å². The molecule has 116 valence electrons. The van der Waals surface area contributed by atoms with E-state index in [-0.39, 0.29) is 10.7 Å². The van der Waals surface area contributed by atoms with Gasteiger partial charge in [-0.1, -0.05) is 6.92 Å². The van der Waals surface area contributed by atoms with Crippen LogP contribution in [0, 0.1) is 6.92 Å². The molecule has 0 aliphatic rings. The van der Waals surface area contributed by atoms with Gasteiger partial charge in [-0.05, 0) is 19.9 Å². The SMILES string of the molecule is CCCNCc1n[nH]c(C)c1S(=O)(=O)Nc1ccn(C)n1. The number of hydrogen-bond donors (Lipinski definition) is 3. The Kier molecular flexibility index (Phi) is 4.63. The van der Waals surface area contributed by atoms with E-state index in [0.717, 1.165) is 13.0 Å². The maximum atomic E-state index is 12.5. The second-order valence-electron chi connectivity index (χ2n) is 4.78. The molecule has 3 N–H and O–H groups in total. The first-order chi connectivity index (χ1) is 9.94. The zero-order chi connectivity index (χ0) is 15.5. The van der Waals surface area contributed by atoms with Gasteiger partial charge < -0.3 is 5.32 Å². The van der Waals surface area contributed by atoms with Crippen molar-refractivity contribution in [2.45, 2.75) is 31.7 Å². The lowest BCUT2D eigenvalue weighted by molar-refractivity contribution is 0.596. The van der Waals surface area contributed by atoms with E-state index in [9.17, 15) is 8.42 Å². The minimum absolute atomic E-state index is 0.178. The molecular formula is C12H20N6O2S. The van der Waals surface area contributed by atoms with Gasteiger partial charge in [0.25, 0.3) is 10.0 Å². The Hall–Kier alpha value is -1.87. The van der Waals surface area contributed by atoms with Crippen molar-refractivity contribution in [3.05, 3.63) is 23.7 Å². The molecular weight excluding hydrogens is 292 g/mol. The average Bonchev–Trinajstić information content (AvgIpc) is 2.96. The summed E-state index contributed by atoms with van der Waals surface area (Å²) in [7, 11) is -1.99. The number of aromatic amines is 1. The van der Waals surface area contributed by atoms with E-state index in [1.807, 2.05) is 6.92 Å². The van der Waals surface area contributed by atoms with Crippen LogP contribution in [-0.2, 0) is 23.6 Å². The van der Waals surface area contributed by atoms with E-state index in [0.29, 0.717) is 17.9 Å². The standard InChI is InChI=1S/C12H20N6O2S/c1-4-6-13-8-10-12(9(2)14-15-10)21(19,20)17-11-5-7-18(3)16-11/h5,7,13H,4,6,8H2,1-3H3,(H,14,15)(H,16,17). The highest BCUT2D eigenvalue weighted by atomic mass is 32.2. The molecule has 0 aliphatic carbocycles. The van der Waals surface area contributed by atoms with Crippen LogP contribution in [0.5, 0.6) is 0 Å². The van der Waals surface area contributed by atoms with Gasteiger partial charge in [-0.15, -0.1) is 0 Å². The average molecular weight is 312 g/mol. The van der Waals surface area contributed by atoms with Crippen LogP contribution in [0.1, 0.15) is 24.7 Å². The first-order valence-corrected chi connectivity index (χ1v) is 8.19. The number of nitrogens with zero attached hydrogens (tertiary/aromatic N) is 3. The summed E-state index contributed by atoms with van der Waals surface area (Å²) in [5, 5.41) is 14.0. The Labute approximate surface area is 124 Å². The Morgan fingerprint density at radius 2 is 2.19 bits per heavy atom. The van der Waals surface area contributed by atoms with Gasteiger partial charge >= 0.3 is 0 Å². The molecule has 0 fully saturated rings. The van der Waals surface area contributed by atoms with Gasteiger partial charge in [0, 0.05) is 25.9 Å². The Balaban J connectivity index is 2.24. The summed E-state index contributed by atoms with van der Waals surface area (Å²) in [6, 6.07) is 1.60. The number of aryl methyl sites for hydroxylation is 2.